The number of ether oxygens (including phenoxy) is 1. The zero-order valence-electron chi connectivity index (χ0n) is 12.0. The predicted molar refractivity (Wildman–Crippen MR) is 74.6 cm³/mol. The van der Waals surface area contributed by atoms with E-state index in [4.69, 9.17) is 4.74 Å². The highest BCUT2D eigenvalue weighted by Crippen LogP contribution is 2.16. The van der Waals surface area contributed by atoms with E-state index in [1.54, 1.807) is 13.3 Å². The van der Waals surface area contributed by atoms with Crippen molar-refractivity contribution in [1.29, 1.82) is 0 Å². The van der Waals surface area contributed by atoms with Gasteiger partial charge in [-0.25, -0.2) is 4.68 Å². The van der Waals surface area contributed by atoms with Gasteiger partial charge in [0, 0.05) is 20.3 Å². The highest BCUT2D eigenvalue weighted by molar-refractivity contribution is 5.91. The maximum atomic E-state index is 11.9. The third kappa shape index (κ3) is 4.28. The average Bonchev–Trinajstić information content (AvgIpc) is 2.98. The molecule has 7 heteroatoms. The van der Waals surface area contributed by atoms with Crippen LogP contribution in [0.1, 0.15) is 42.2 Å². The Morgan fingerprint density at radius 1 is 1.50 bits per heavy atom. The summed E-state index contributed by atoms with van der Waals surface area (Å²) >= 11 is 0. The van der Waals surface area contributed by atoms with Gasteiger partial charge in [-0.3, -0.25) is 4.79 Å². The number of unbranched alkanes of at least 4 members (excludes halogenated alkanes) is 1. The van der Waals surface area contributed by atoms with Crippen molar-refractivity contribution >= 4 is 5.91 Å². The van der Waals surface area contributed by atoms with Gasteiger partial charge in [-0.2, -0.15) is 0 Å². The molecule has 0 aliphatic carbocycles. The normalized spacial score (nSPS) is 16.2. The van der Waals surface area contributed by atoms with Crippen molar-refractivity contribution in [3.8, 4) is 0 Å². The van der Waals surface area contributed by atoms with Crippen LogP contribution in [0.25, 0.3) is 0 Å². The molecule has 1 aromatic rings. The van der Waals surface area contributed by atoms with Crippen LogP contribution in [0.15, 0.2) is 6.20 Å². The second kappa shape index (κ2) is 7.96. The lowest BCUT2D eigenvalue weighted by Crippen LogP contribution is -2.29. The molecule has 20 heavy (non-hydrogen) atoms. The van der Waals surface area contributed by atoms with Crippen LogP contribution in [0.5, 0.6) is 0 Å². The molecule has 0 radical (unpaired) electrons. The molecule has 1 aliphatic rings. The zero-order chi connectivity index (χ0) is 14.2. The number of piperidine rings is 1. The van der Waals surface area contributed by atoms with Crippen LogP contribution in [0.3, 0.4) is 0 Å². The van der Waals surface area contributed by atoms with Crippen molar-refractivity contribution in [2.75, 3.05) is 33.4 Å². The lowest BCUT2D eigenvalue weighted by Gasteiger charge is -2.22. The van der Waals surface area contributed by atoms with Gasteiger partial charge in [0.2, 0.25) is 0 Å². The molecule has 1 amide bonds. The van der Waals surface area contributed by atoms with E-state index in [1.807, 2.05) is 4.68 Å². The number of aromatic nitrogens is 3. The van der Waals surface area contributed by atoms with Crippen LogP contribution in [-0.4, -0.2) is 54.3 Å². The Hall–Kier alpha value is -1.47. The summed E-state index contributed by atoms with van der Waals surface area (Å²) in [4.78, 5) is 11.9. The molecule has 1 fully saturated rings. The Morgan fingerprint density at radius 3 is 3.05 bits per heavy atom. The van der Waals surface area contributed by atoms with Crippen molar-refractivity contribution in [3.05, 3.63) is 11.9 Å². The molecule has 2 rings (SSSR count). The van der Waals surface area contributed by atoms with Crippen molar-refractivity contribution < 1.29 is 9.53 Å². The monoisotopic (exact) mass is 281 g/mol. The molecular weight excluding hydrogens is 258 g/mol. The van der Waals surface area contributed by atoms with Crippen molar-refractivity contribution in [1.82, 2.24) is 25.6 Å². The first-order chi connectivity index (χ1) is 9.81. The second-order valence-corrected chi connectivity index (χ2v) is 5.02. The van der Waals surface area contributed by atoms with E-state index < -0.39 is 0 Å². The predicted octanol–water partition coefficient (Wildman–Crippen LogP) is 0.359. The fourth-order valence-electron chi connectivity index (χ4n) is 2.29. The molecule has 0 atom stereocenters. The average molecular weight is 281 g/mol. The fraction of sp³-hybridized carbons (Fsp3) is 0.769. The van der Waals surface area contributed by atoms with E-state index >= 15 is 0 Å². The van der Waals surface area contributed by atoms with Gasteiger partial charge in [-0.05, 0) is 38.8 Å². The van der Waals surface area contributed by atoms with Crippen LogP contribution >= 0.6 is 0 Å². The summed E-state index contributed by atoms with van der Waals surface area (Å²) < 4.78 is 6.78. The Labute approximate surface area is 119 Å². The van der Waals surface area contributed by atoms with Crippen molar-refractivity contribution in [3.63, 3.8) is 0 Å². The van der Waals surface area contributed by atoms with Crippen LogP contribution in [-0.2, 0) is 4.74 Å². The minimum Gasteiger partial charge on any atom is -0.385 e. The van der Waals surface area contributed by atoms with Gasteiger partial charge in [0.25, 0.3) is 5.91 Å². The number of methoxy groups -OCH3 is 1. The number of hydrogen-bond donors (Lipinski definition) is 2. The summed E-state index contributed by atoms with van der Waals surface area (Å²) in [5, 5.41) is 14.2. The van der Waals surface area contributed by atoms with Crippen molar-refractivity contribution in [2.45, 2.75) is 31.7 Å². The molecule has 2 heterocycles. The number of carbonyl (C=O) groups excluding carboxylic acids is 1. The number of nitrogens with one attached hydrogen (secondary N) is 2. The summed E-state index contributed by atoms with van der Waals surface area (Å²) in [6.07, 6.45) is 5.66. The van der Waals surface area contributed by atoms with Gasteiger partial charge < -0.3 is 15.4 Å². The Morgan fingerprint density at radius 2 is 2.30 bits per heavy atom. The molecule has 0 saturated carbocycles. The van der Waals surface area contributed by atoms with Crippen LogP contribution in [0.2, 0.25) is 0 Å². The number of carbonyl (C=O) groups is 1. The van der Waals surface area contributed by atoms with Crippen LogP contribution < -0.4 is 10.6 Å². The van der Waals surface area contributed by atoms with E-state index in [1.165, 1.54) is 0 Å². The molecule has 1 aliphatic heterocycles. The third-order valence-corrected chi connectivity index (χ3v) is 3.49. The number of nitrogens with zero attached hydrogens (tertiary/aromatic N) is 3. The molecule has 7 nitrogen and oxygen atoms in total. The third-order valence-electron chi connectivity index (χ3n) is 3.49. The zero-order valence-corrected chi connectivity index (χ0v) is 12.0. The summed E-state index contributed by atoms with van der Waals surface area (Å²) in [7, 11) is 1.68. The molecule has 0 spiro atoms. The van der Waals surface area contributed by atoms with Gasteiger partial charge in [0.05, 0.1) is 12.2 Å². The Bertz CT molecular complexity index is 415. The van der Waals surface area contributed by atoms with E-state index in [9.17, 15) is 4.79 Å². The molecule has 0 aromatic carbocycles. The minimum absolute atomic E-state index is 0.150. The second-order valence-electron chi connectivity index (χ2n) is 5.02. The molecule has 0 unspecified atom stereocenters. The molecule has 0 bridgehead atoms. The molecule has 1 aromatic heterocycles. The van der Waals surface area contributed by atoms with Gasteiger partial charge in [-0.1, -0.05) is 5.21 Å². The largest absolute Gasteiger partial charge is 0.385 e. The van der Waals surface area contributed by atoms with Gasteiger partial charge in [0.1, 0.15) is 0 Å². The first kappa shape index (κ1) is 14.9. The molecule has 2 N–H and O–H groups in total. The maximum Gasteiger partial charge on any atom is 0.273 e. The molecular formula is C13H23N5O2. The van der Waals surface area contributed by atoms with Gasteiger partial charge in [-0.15, -0.1) is 5.10 Å². The Balaban J connectivity index is 1.77. The lowest BCUT2D eigenvalue weighted by atomic mass is 10.1. The van der Waals surface area contributed by atoms with Crippen LogP contribution in [0.4, 0.5) is 0 Å². The maximum absolute atomic E-state index is 11.9. The summed E-state index contributed by atoms with van der Waals surface area (Å²) in [5.41, 5.74) is 0.398. The van der Waals surface area contributed by atoms with E-state index in [-0.39, 0.29) is 5.91 Å². The molecule has 1 saturated heterocycles. The highest BCUT2D eigenvalue weighted by Gasteiger charge is 2.18. The number of hydrogen-bond acceptors (Lipinski definition) is 5. The Kier molecular flexibility index (Phi) is 5.94. The summed E-state index contributed by atoms with van der Waals surface area (Å²) in [5.74, 6) is -0.150. The minimum atomic E-state index is -0.150. The lowest BCUT2D eigenvalue weighted by molar-refractivity contribution is 0.0946. The highest BCUT2D eigenvalue weighted by atomic mass is 16.5. The van der Waals surface area contributed by atoms with Gasteiger partial charge >= 0.3 is 0 Å². The van der Waals surface area contributed by atoms with Crippen molar-refractivity contribution in [2.24, 2.45) is 0 Å². The quantitative estimate of drug-likeness (QED) is 0.705. The van der Waals surface area contributed by atoms with E-state index in [2.05, 4.69) is 20.9 Å². The first-order valence-corrected chi connectivity index (χ1v) is 7.21. The topological polar surface area (TPSA) is 81.1 Å². The number of rotatable bonds is 7. The molecule has 112 valence electrons. The van der Waals surface area contributed by atoms with E-state index in [0.29, 0.717) is 18.3 Å². The number of amides is 1. The van der Waals surface area contributed by atoms with E-state index in [0.717, 1.165) is 45.4 Å². The van der Waals surface area contributed by atoms with Gasteiger partial charge in [0.15, 0.2) is 5.69 Å². The smallest absolute Gasteiger partial charge is 0.273 e. The standard InChI is InChI=1S/C13H23N5O2/c1-20-9-3-2-6-15-13(19)12-10-18(17-16-12)11-4-7-14-8-5-11/h10-11,14H,2-9H2,1H3,(H,15,19). The fourth-order valence-corrected chi connectivity index (χ4v) is 2.29. The summed E-state index contributed by atoms with van der Waals surface area (Å²) in [6, 6.07) is 0.354. The SMILES string of the molecule is COCCCCNC(=O)c1cn(C2CCNCC2)nn1. The first-order valence-electron chi connectivity index (χ1n) is 7.21. The summed E-state index contributed by atoms with van der Waals surface area (Å²) in [6.45, 7) is 3.35. The van der Waals surface area contributed by atoms with Crippen LogP contribution in [0, 0.1) is 0 Å².